The van der Waals surface area contributed by atoms with Crippen molar-refractivity contribution in [3.63, 3.8) is 0 Å². The fourth-order valence-corrected chi connectivity index (χ4v) is 4.77. The highest BCUT2D eigenvalue weighted by Crippen LogP contribution is 2.40. The van der Waals surface area contributed by atoms with Crippen LogP contribution in [-0.2, 0) is 6.18 Å². The summed E-state index contributed by atoms with van der Waals surface area (Å²) in [4.78, 5) is 0. The van der Waals surface area contributed by atoms with Gasteiger partial charge in [0.2, 0.25) is 5.82 Å². The molecule has 0 bridgehead atoms. The van der Waals surface area contributed by atoms with Crippen molar-refractivity contribution in [2.45, 2.75) is 13.1 Å². The number of tetrazole rings is 1. The summed E-state index contributed by atoms with van der Waals surface area (Å²) in [6, 6.07) is 23.3. The lowest BCUT2D eigenvalue weighted by molar-refractivity contribution is -0.137. The van der Waals surface area contributed by atoms with Gasteiger partial charge in [-0.25, -0.2) is 0 Å². The molecular formula is C28H20F3N5O. The van der Waals surface area contributed by atoms with Gasteiger partial charge in [-0.1, -0.05) is 35.9 Å². The van der Waals surface area contributed by atoms with Gasteiger partial charge in [0, 0.05) is 22.0 Å². The van der Waals surface area contributed by atoms with Crippen molar-refractivity contribution in [1.29, 1.82) is 0 Å². The van der Waals surface area contributed by atoms with Gasteiger partial charge in [-0.3, -0.25) is 0 Å². The number of aromatic nitrogens is 5. The summed E-state index contributed by atoms with van der Waals surface area (Å²) in [5.41, 5.74) is 3.96. The number of hydrogen-bond donors (Lipinski definition) is 1. The average molecular weight is 499 g/mol. The lowest BCUT2D eigenvalue weighted by atomic mass is 9.96. The maximum atomic E-state index is 14.0. The molecule has 9 heteroatoms. The molecular weight excluding hydrogens is 479 g/mol. The Balaban J connectivity index is 1.48. The fourth-order valence-electron chi connectivity index (χ4n) is 4.77. The Labute approximate surface area is 209 Å². The number of methoxy groups -OCH3 is 1. The van der Waals surface area contributed by atoms with Gasteiger partial charge in [-0.15, -0.1) is 10.2 Å². The van der Waals surface area contributed by atoms with Crippen molar-refractivity contribution in [3.8, 4) is 34.0 Å². The van der Waals surface area contributed by atoms with E-state index in [4.69, 9.17) is 4.74 Å². The van der Waals surface area contributed by atoms with E-state index >= 15 is 0 Å². The van der Waals surface area contributed by atoms with E-state index in [1.807, 2.05) is 43.3 Å². The number of halogens is 3. The van der Waals surface area contributed by atoms with Crippen LogP contribution in [0.2, 0.25) is 0 Å². The van der Waals surface area contributed by atoms with Crippen LogP contribution in [0.5, 0.6) is 5.75 Å². The van der Waals surface area contributed by atoms with Crippen LogP contribution in [-0.4, -0.2) is 32.3 Å². The van der Waals surface area contributed by atoms with Gasteiger partial charge in [0.05, 0.1) is 23.7 Å². The number of fused-ring (bicyclic) bond motifs is 3. The molecule has 0 spiro atoms. The zero-order valence-electron chi connectivity index (χ0n) is 19.8. The average Bonchev–Trinajstić information content (AvgIpc) is 3.54. The predicted molar refractivity (Wildman–Crippen MR) is 136 cm³/mol. The Kier molecular flexibility index (Phi) is 5.22. The molecule has 0 radical (unpaired) electrons. The molecule has 0 saturated carbocycles. The largest absolute Gasteiger partial charge is 0.497 e. The van der Waals surface area contributed by atoms with Gasteiger partial charge in [0.1, 0.15) is 5.75 Å². The van der Waals surface area contributed by atoms with Crippen LogP contribution in [0.3, 0.4) is 0 Å². The van der Waals surface area contributed by atoms with Crippen LogP contribution in [0.25, 0.3) is 50.0 Å². The third-order valence-corrected chi connectivity index (χ3v) is 6.49. The van der Waals surface area contributed by atoms with Gasteiger partial charge in [0.15, 0.2) is 0 Å². The zero-order chi connectivity index (χ0) is 25.7. The van der Waals surface area contributed by atoms with E-state index in [0.717, 1.165) is 44.9 Å². The first-order chi connectivity index (χ1) is 17.8. The zero-order valence-corrected chi connectivity index (χ0v) is 19.8. The number of benzene rings is 4. The molecule has 6 aromatic rings. The molecule has 4 aromatic carbocycles. The molecule has 0 amide bonds. The normalized spacial score (nSPS) is 11.9. The van der Waals surface area contributed by atoms with Crippen LogP contribution >= 0.6 is 0 Å². The quantitative estimate of drug-likeness (QED) is 0.285. The van der Waals surface area contributed by atoms with E-state index in [9.17, 15) is 13.2 Å². The van der Waals surface area contributed by atoms with E-state index in [2.05, 4.69) is 37.3 Å². The Morgan fingerprint density at radius 2 is 1.51 bits per heavy atom. The summed E-state index contributed by atoms with van der Waals surface area (Å²) in [6.45, 7) is 2.04. The summed E-state index contributed by atoms with van der Waals surface area (Å²) in [6.07, 6.45) is -4.56. The number of nitrogens with zero attached hydrogens (tertiary/aromatic N) is 4. The van der Waals surface area contributed by atoms with Crippen LogP contribution in [0.4, 0.5) is 13.2 Å². The van der Waals surface area contributed by atoms with E-state index in [-0.39, 0.29) is 17.0 Å². The van der Waals surface area contributed by atoms with E-state index in [1.54, 1.807) is 25.3 Å². The molecule has 0 aliphatic heterocycles. The fraction of sp³-hybridized carbons (Fsp3) is 0.107. The molecule has 37 heavy (non-hydrogen) atoms. The standard InChI is InChI=1S/C28H20F3N5O/c1-16-3-11-25-22(13-16)23-15-20(37-2)9-12-26(23)36(25)19-7-4-17(5-8-19)21-10-6-18(27-32-34-35-33-27)14-24(21)28(29,30)31/h3-15H,1-2H3,(H,32,33,34,35). The van der Waals surface area contributed by atoms with Crippen LogP contribution in [0.15, 0.2) is 78.9 Å². The van der Waals surface area contributed by atoms with E-state index < -0.39 is 11.7 Å². The smallest absolute Gasteiger partial charge is 0.417 e. The Morgan fingerprint density at radius 3 is 2.19 bits per heavy atom. The van der Waals surface area contributed by atoms with E-state index in [0.29, 0.717) is 5.56 Å². The van der Waals surface area contributed by atoms with Crippen molar-refractivity contribution >= 4 is 21.8 Å². The Morgan fingerprint density at radius 1 is 0.811 bits per heavy atom. The van der Waals surface area contributed by atoms with Crippen molar-refractivity contribution in [1.82, 2.24) is 25.2 Å². The number of ether oxygens (including phenoxy) is 1. The highest BCUT2D eigenvalue weighted by molar-refractivity contribution is 6.10. The molecule has 0 unspecified atom stereocenters. The van der Waals surface area contributed by atoms with Crippen LogP contribution in [0, 0.1) is 6.92 Å². The molecule has 0 fully saturated rings. The molecule has 6 rings (SSSR count). The first kappa shape index (κ1) is 22.8. The second kappa shape index (κ2) is 8.48. The maximum Gasteiger partial charge on any atom is 0.417 e. The van der Waals surface area contributed by atoms with Crippen molar-refractivity contribution < 1.29 is 17.9 Å². The second-order valence-electron chi connectivity index (χ2n) is 8.78. The van der Waals surface area contributed by atoms with E-state index in [1.165, 1.54) is 6.07 Å². The molecule has 0 atom stereocenters. The van der Waals surface area contributed by atoms with Gasteiger partial charge in [-0.05, 0) is 71.8 Å². The van der Waals surface area contributed by atoms with Crippen LogP contribution in [0.1, 0.15) is 11.1 Å². The highest BCUT2D eigenvalue weighted by Gasteiger charge is 2.34. The SMILES string of the molecule is COc1ccc2c(c1)c1cc(C)ccc1n2-c1ccc(-c2ccc(-c3nn[nH]n3)cc2C(F)(F)F)cc1. The Bertz CT molecular complexity index is 1750. The molecule has 0 aliphatic rings. The monoisotopic (exact) mass is 499 g/mol. The molecule has 6 nitrogen and oxygen atoms in total. The lowest BCUT2D eigenvalue weighted by Gasteiger charge is -2.15. The number of hydrogen-bond acceptors (Lipinski definition) is 4. The van der Waals surface area contributed by atoms with Crippen molar-refractivity contribution in [2.24, 2.45) is 0 Å². The third-order valence-electron chi connectivity index (χ3n) is 6.49. The summed E-state index contributed by atoms with van der Waals surface area (Å²) in [7, 11) is 1.63. The molecule has 184 valence electrons. The van der Waals surface area contributed by atoms with Gasteiger partial charge in [0.25, 0.3) is 0 Å². The molecule has 1 N–H and O–H groups in total. The first-order valence-corrected chi connectivity index (χ1v) is 11.5. The third kappa shape index (κ3) is 3.88. The molecule has 0 aliphatic carbocycles. The topological polar surface area (TPSA) is 68.6 Å². The summed E-state index contributed by atoms with van der Waals surface area (Å²) in [5.74, 6) is 0.859. The maximum absolute atomic E-state index is 14.0. The minimum Gasteiger partial charge on any atom is -0.497 e. The molecule has 2 aromatic heterocycles. The van der Waals surface area contributed by atoms with Gasteiger partial charge >= 0.3 is 6.18 Å². The predicted octanol–water partition coefficient (Wildman–Crippen LogP) is 6.97. The molecule has 2 heterocycles. The van der Waals surface area contributed by atoms with Crippen molar-refractivity contribution in [2.75, 3.05) is 7.11 Å². The number of rotatable bonds is 4. The first-order valence-electron chi connectivity index (χ1n) is 11.5. The summed E-state index contributed by atoms with van der Waals surface area (Å²) < 4.78 is 49.6. The second-order valence-corrected chi connectivity index (χ2v) is 8.78. The number of nitrogens with one attached hydrogen (secondary N) is 1. The molecule has 0 saturated heterocycles. The summed E-state index contributed by atoms with van der Waals surface area (Å²) in [5, 5.41) is 15.4. The summed E-state index contributed by atoms with van der Waals surface area (Å²) >= 11 is 0. The van der Waals surface area contributed by atoms with Crippen LogP contribution < -0.4 is 4.74 Å². The number of aromatic amines is 1. The number of H-pyrrole nitrogens is 1. The number of alkyl halides is 3. The number of aryl methyl sites for hydroxylation is 1. The lowest BCUT2D eigenvalue weighted by Crippen LogP contribution is -2.07. The Hall–Kier alpha value is -4.66. The van der Waals surface area contributed by atoms with Crippen molar-refractivity contribution in [3.05, 3.63) is 90.0 Å². The van der Waals surface area contributed by atoms with Gasteiger partial charge < -0.3 is 9.30 Å². The minimum absolute atomic E-state index is 0.0777. The highest BCUT2D eigenvalue weighted by atomic mass is 19.4. The van der Waals surface area contributed by atoms with Gasteiger partial charge in [-0.2, -0.15) is 18.4 Å². The minimum atomic E-state index is -4.56.